The Morgan fingerprint density at radius 3 is 3.00 bits per heavy atom. The van der Waals surface area contributed by atoms with E-state index in [2.05, 4.69) is 4.99 Å². The van der Waals surface area contributed by atoms with Crippen molar-refractivity contribution in [3.63, 3.8) is 0 Å². The highest BCUT2D eigenvalue weighted by Gasteiger charge is 2.62. The summed E-state index contributed by atoms with van der Waals surface area (Å²) in [4.78, 5) is 4.55. The summed E-state index contributed by atoms with van der Waals surface area (Å²) in [7, 11) is 1.76. The maximum atomic E-state index is 5.25. The normalized spacial score (nSPS) is 51.5. The predicted molar refractivity (Wildman–Crippen MR) is 42.6 cm³/mol. The molecule has 0 N–H and O–H groups in total. The molecule has 0 spiro atoms. The second-order valence-electron chi connectivity index (χ2n) is 3.94. The quantitative estimate of drug-likeness (QED) is 0.513. The van der Waals surface area contributed by atoms with Crippen LogP contribution in [-0.2, 0) is 4.74 Å². The van der Waals surface area contributed by atoms with E-state index in [4.69, 9.17) is 4.74 Å². The molecule has 11 heavy (non-hydrogen) atoms. The summed E-state index contributed by atoms with van der Waals surface area (Å²) in [6.07, 6.45) is 4.13. The lowest BCUT2D eigenvalue weighted by atomic mass is 9.96. The Hall–Kier alpha value is -0.530. The minimum absolute atomic E-state index is 0.647. The van der Waals surface area contributed by atoms with E-state index >= 15 is 0 Å². The van der Waals surface area contributed by atoms with E-state index in [0.717, 1.165) is 23.7 Å². The molecular formula is C9H13NO. The van der Waals surface area contributed by atoms with Crippen LogP contribution in [0.2, 0.25) is 0 Å². The van der Waals surface area contributed by atoms with Gasteiger partial charge in [-0.1, -0.05) is 6.42 Å². The highest BCUT2D eigenvalue weighted by atomic mass is 16.5. The fourth-order valence-electron chi connectivity index (χ4n) is 2.99. The van der Waals surface area contributed by atoms with Gasteiger partial charge < -0.3 is 4.74 Å². The Kier molecular flexibility index (Phi) is 0.984. The van der Waals surface area contributed by atoms with Crippen molar-refractivity contribution in [3.8, 4) is 0 Å². The topological polar surface area (TPSA) is 21.6 Å². The average molecular weight is 151 g/mol. The Labute approximate surface area is 66.7 Å². The molecule has 1 aliphatic heterocycles. The largest absolute Gasteiger partial charge is 0.484 e. The zero-order chi connectivity index (χ0) is 7.42. The third kappa shape index (κ3) is 0.608. The molecule has 0 bridgehead atoms. The van der Waals surface area contributed by atoms with Gasteiger partial charge in [0.15, 0.2) is 5.90 Å². The van der Waals surface area contributed by atoms with Gasteiger partial charge in [-0.2, -0.15) is 0 Å². The van der Waals surface area contributed by atoms with Crippen LogP contribution < -0.4 is 0 Å². The number of fused-ring (bicyclic) bond motifs is 1. The molecule has 2 heteroatoms. The second kappa shape index (κ2) is 1.79. The molecule has 0 unspecified atom stereocenters. The molecule has 2 aliphatic carbocycles. The summed E-state index contributed by atoms with van der Waals surface area (Å²) in [6, 6.07) is 0.647. The van der Waals surface area contributed by atoms with Gasteiger partial charge in [-0.3, -0.25) is 4.99 Å². The first-order valence-electron chi connectivity index (χ1n) is 4.53. The molecule has 4 atom stereocenters. The van der Waals surface area contributed by atoms with E-state index in [1.54, 1.807) is 7.11 Å². The molecule has 2 fully saturated rings. The Morgan fingerprint density at radius 1 is 1.45 bits per heavy atom. The molecule has 1 heterocycles. The van der Waals surface area contributed by atoms with Crippen LogP contribution in [0.4, 0.5) is 0 Å². The van der Waals surface area contributed by atoms with Gasteiger partial charge >= 0.3 is 0 Å². The van der Waals surface area contributed by atoms with Gasteiger partial charge in [-0.25, -0.2) is 0 Å². The summed E-state index contributed by atoms with van der Waals surface area (Å²) >= 11 is 0. The Morgan fingerprint density at radius 2 is 2.36 bits per heavy atom. The zero-order valence-electron chi connectivity index (χ0n) is 6.79. The van der Waals surface area contributed by atoms with Crippen LogP contribution >= 0.6 is 0 Å². The lowest BCUT2D eigenvalue weighted by molar-refractivity contribution is 0.369. The molecule has 0 radical (unpaired) electrons. The number of ether oxygens (including phenoxy) is 1. The minimum Gasteiger partial charge on any atom is -0.484 e. The smallest absolute Gasteiger partial charge is 0.187 e. The lowest BCUT2D eigenvalue weighted by Crippen LogP contribution is -2.14. The molecule has 3 aliphatic rings. The van der Waals surface area contributed by atoms with E-state index < -0.39 is 0 Å². The third-order valence-corrected chi connectivity index (χ3v) is 3.50. The van der Waals surface area contributed by atoms with Crippen LogP contribution in [0.25, 0.3) is 0 Å². The molecular weight excluding hydrogens is 138 g/mol. The summed E-state index contributed by atoms with van der Waals surface area (Å²) in [5.74, 6) is 3.66. The van der Waals surface area contributed by atoms with E-state index in [0.29, 0.717) is 6.04 Å². The first kappa shape index (κ1) is 6.04. The van der Waals surface area contributed by atoms with Crippen LogP contribution in [-0.4, -0.2) is 19.0 Å². The number of hydrogen-bond acceptors (Lipinski definition) is 2. The molecule has 2 nitrogen and oxygen atoms in total. The van der Waals surface area contributed by atoms with E-state index in [1.807, 2.05) is 0 Å². The van der Waals surface area contributed by atoms with E-state index in [9.17, 15) is 0 Å². The van der Waals surface area contributed by atoms with Gasteiger partial charge in [0.05, 0.1) is 13.2 Å². The molecule has 0 aromatic rings. The first-order valence-corrected chi connectivity index (χ1v) is 4.53. The Balaban J connectivity index is 1.91. The highest BCUT2D eigenvalue weighted by Crippen LogP contribution is 2.60. The summed E-state index contributed by atoms with van der Waals surface area (Å²) in [6.45, 7) is 0. The molecule has 60 valence electrons. The van der Waals surface area contributed by atoms with Gasteiger partial charge in [-0.05, 0) is 24.7 Å². The number of aliphatic imine (C=N–C) groups is 1. The van der Waals surface area contributed by atoms with Crippen molar-refractivity contribution in [2.24, 2.45) is 22.7 Å². The van der Waals surface area contributed by atoms with Crippen molar-refractivity contribution >= 4 is 5.90 Å². The highest BCUT2D eigenvalue weighted by molar-refractivity contribution is 5.85. The van der Waals surface area contributed by atoms with E-state index in [1.165, 1.54) is 19.3 Å². The second-order valence-corrected chi connectivity index (χ2v) is 3.94. The third-order valence-electron chi connectivity index (χ3n) is 3.50. The van der Waals surface area contributed by atoms with Gasteiger partial charge in [0.2, 0.25) is 0 Å². The van der Waals surface area contributed by atoms with Crippen molar-refractivity contribution in [1.29, 1.82) is 0 Å². The molecule has 2 saturated carbocycles. The number of hydrogen-bond donors (Lipinski definition) is 0. The average Bonchev–Trinajstić information content (AvgIpc) is 2.59. The van der Waals surface area contributed by atoms with Crippen molar-refractivity contribution < 1.29 is 4.74 Å². The predicted octanol–water partition coefficient (Wildman–Crippen LogP) is 1.46. The van der Waals surface area contributed by atoms with E-state index in [-0.39, 0.29) is 0 Å². The summed E-state index contributed by atoms with van der Waals surface area (Å²) in [5, 5.41) is 0. The van der Waals surface area contributed by atoms with Gasteiger partial charge in [0, 0.05) is 5.92 Å². The maximum Gasteiger partial charge on any atom is 0.187 e. The van der Waals surface area contributed by atoms with Crippen molar-refractivity contribution in [2.45, 2.75) is 25.3 Å². The molecule has 0 saturated heterocycles. The standard InChI is InChI=1S/C9H13NO/c1-11-9-8-5-3-2-4-6(10-9)7(5)8/h5-8H,2-4H2,1H3/t5-,6-,7+,8-/m1/s1. The molecule has 3 rings (SSSR count). The molecule has 0 aromatic heterocycles. The van der Waals surface area contributed by atoms with Crippen LogP contribution in [0, 0.1) is 17.8 Å². The first-order chi connectivity index (χ1) is 5.42. The van der Waals surface area contributed by atoms with Crippen LogP contribution in [0.5, 0.6) is 0 Å². The van der Waals surface area contributed by atoms with Crippen LogP contribution in [0.1, 0.15) is 19.3 Å². The van der Waals surface area contributed by atoms with Crippen molar-refractivity contribution in [3.05, 3.63) is 0 Å². The maximum absolute atomic E-state index is 5.25. The lowest BCUT2D eigenvalue weighted by Gasteiger charge is -2.16. The number of nitrogens with zero attached hydrogens (tertiary/aromatic N) is 1. The fourth-order valence-corrected chi connectivity index (χ4v) is 2.99. The van der Waals surface area contributed by atoms with Gasteiger partial charge in [-0.15, -0.1) is 0 Å². The summed E-state index contributed by atoms with van der Waals surface area (Å²) in [5.41, 5.74) is 0. The number of methoxy groups -OCH3 is 1. The fraction of sp³-hybridized carbons (Fsp3) is 0.889. The monoisotopic (exact) mass is 151 g/mol. The van der Waals surface area contributed by atoms with Gasteiger partial charge in [0.25, 0.3) is 0 Å². The van der Waals surface area contributed by atoms with Crippen molar-refractivity contribution in [2.75, 3.05) is 7.11 Å². The van der Waals surface area contributed by atoms with Crippen LogP contribution in [0.3, 0.4) is 0 Å². The van der Waals surface area contributed by atoms with Crippen molar-refractivity contribution in [1.82, 2.24) is 0 Å². The Bertz CT molecular complexity index is 224. The van der Waals surface area contributed by atoms with Gasteiger partial charge in [0.1, 0.15) is 0 Å². The zero-order valence-corrected chi connectivity index (χ0v) is 6.79. The number of rotatable bonds is 0. The molecule has 0 amide bonds. The summed E-state index contributed by atoms with van der Waals surface area (Å²) < 4.78 is 5.25. The molecule has 0 aromatic carbocycles. The minimum atomic E-state index is 0.647. The SMILES string of the molecule is COC1=N[C@@H]2CCC[C@H]3[C@@H]1[C@@H]32. The van der Waals surface area contributed by atoms with Crippen LogP contribution in [0.15, 0.2) is 4.99 Å².